The van der Waals surface area contributed by atoms with E-state index in [1.54, 1.807) is 0 Å². The summed E-state index contributed by atoms with van der Waals surface area (Å²) in [6.45, 7) is 0.149. The SMILES string of the molecule is N#Cc1c(N2CCCC(C(F)(F)F)C2)sc(C(N)=O)c1N. The van der Waals surface area contributed by atoms with Gasteiger partial charge in [-0.2, -0.15) is 18.4 Å². The van der Waals surface area contributed by atoms with E-state index in [0.717, 1.165) is 11.3 Å². The summed E-state index contributed by atoms with van der Waals surface area (Å²) in [5.41, 5.74) is 10.8. The summed E-state index contributed by atoms with van der Waals surface area (Å²) in [4.78, 5) is 12.7. The van der Waals surface area contributed by atoms with Crippen LogP contribution in [0.2, 0.25) is 0 Å². The number of carbonyl (C=O) groups excluding carboxylic acids is 1. The Balaban J connectivity index is 2.36. The number of amides is 1. The van der Waals surface area contributed by atoms with E-state index in [1.807, 2.05) is 6.07 Å². The highest BCUT2D eigenvalue weighted by molar-refractivity contribution is 7.19. The van der Waals surface area contributed by atoms with Crippen LogP contribution < -0.4 is 16.4 Å². The minimum Gasteiger partial charge on any atom is -0.396 e. The molecular formula is C12H13F3N4OS. The normalized spacial score (nSPS) is 19.3. The number of hydrogen-bond donors (Lipinski definition) is 2. The van der Waals surface area contributed by atoms with E-state index in [-0.39, 0.29) is 34.1 Å². The summed E-state index contributed by atoms with van der Waals surface area (Å²) in [5.74, 6) is -2.23. The zero-order valence-electron chi connectivity index (χ0n) is 10.9. The van der Waals surface area contributed by atoms with E-state index in [0.29, 0.717) is 13.0 Å². The third kappa shape index (κ3) is 2.90. The second kappa shape index (κ2) is 5.44. The summed E-state index contributed by atoms with van der Waals surface area (Å²) in [7, 11) is 0. The molecule has 0 spiro atoms. The number of carbonyl (C=O) groups is 1. The number of thiophene rings is 1. The van der Waals surface area contributed by atoms with Crippen LogP contribution in [0.25, 0.3) is 0 Å². The van der Waals surface area contributed by atoms with Crippen molar-refractivity contribution in [3.63, 3.8) is 0 Å². The molecule has 1 fully saturated rings. The van der Waals surface area contributed by atoms with Crippen molar-refractivity contribution >= 4 is 27.9 Å². The molecule has 0 aromatic carbocycles. The molecule has 1 saturated heterocycles. The molecule has 1 unspecified atom stereocenters. The predicted molar refractivity (Wildman–Crippen MR) is 73.0 cm³/mol. The molecule has 1 atom stereocenters. The molecule has 0 bridgehead atoms. The Morgan fingerprint density at radius 1 is 1.48 bits per heavy atom. The summed E-state index contributed by atoms with van der Waals surface area (Å²) in [5, 5.41) is 9.42. The highest BCUT2D eigenvalue weighted by Gasteiger charge is 2.42. The van der Waals surface area contributed by atoms with Crippen molar-refractivity contribution in [1.82, 2.24) is 0 Å². The Hall–Kier alpha value is -1.95. The van der Waals surface area contributed by atoms with E-state index in [9.17, 15) is 18.0 Å². The van der Waals surface area contributed by atoms with E-state index in [2.05, 4.69) is 0 Å². The van der Waals surface area contributed by atoms with Crippen LogP contribution in [0.5, 0.6) is 0 Å². The van der Waals surface area contributed by atoms with Gasteiger partial charge in [0.05, 0.1) is 11.6 Å². The number of nitrogens with zero attached hydrogens (tertiary/aromatic N) is 2. The second-order valence-electron chi connectivity index (χ2n) is 4.83. The molecule has 1 aromatic rings. The number of nitriles is 1. The van der Waals surface area contributed by atoms with Crippen molar-refractivity contribution in [1.29, 1.82) is 5.26 Å². The first kappa shape index (κ1) is 15.4. The molecule has 1 amide bonds. The van der Waals surface area contributed by atoms with Gasteiger partial charge in [-0.15, -0.1) is 11.3 Å². The fourth-order valence-corrected chi connectivity index (χ4v) is 3.43. The van der Waals surface area contributed by atoms with Crippen LogP contribution in [0.1, 0.15) is 28.1 Å². The minimum absolute atomic E-state index is 0.00989. The van der Waals surface area contributed by atoms with Crippen LogP contribution in [-0.2, 0) is 0 Å². The monoisotopic (exact) mass is 318 g/mol. The van der Waals surface area contributed by atoms with Gasteiger partial charge in [0, 0.05) is 13.1 Å². The highest BCUT2D eigenvalue weighted by atomic mass is 32.1. The van der Waals surface area contributed by atoms with Gasteiger partial charge in [-0.1, -0.05) is 0 Å². The van der Waals surface area contributed by atoms with Gasteiger partial charge in [0.1, 0.15) is 21.5 Å². The lowest BCUT2D eigenvalue weighted by Gasteiger charge is -2.34. The Kier molecular flexibility index (Phi) is 4.00. The zero-order valence-corrected chi connectivity index (χ0v) is 11.7. The standard InChI is InChI=1S/C12H13F3N4OS/c13-12(14,15)6-2-1-3-19(5-6)11-7(4-16)8(17)9(21-11)10(18)20/h6H,1-3,5,17H2,(H2,18,20). The first-order valence-electron chi connectivity index (χ1n) is 6.19. The number of halogens is 3. The van der Waals surface area contributed by atoms with Crippen LogP contribution in [-0.4, -0.2) is 25.2 Å². The minimum atomic E-state index is -4.28. The van der Waals surface area contributed by atoms with Gasteiger partial charge in [-0.25, -0.2) is 0 Å². The molecule has 2 rings (SSSR count). The lowest BCUT2D eigenvalue weighted by molar-refractivity contribution is -0.175. The summed E-state index contributed by atoms with van der Waals surface area (Å²) >= 11 is 0.875. The topological polar surface area (TPSA) is 96.1 Å². The molecule has 0 aliphatic carbocycles. The van der Waals surface area contributed by atoms with Gasteiger partial charge in [0.2, 0.25) is 0 Å². The quantitative estimate of drug-likeness (QED) is 0.872. The number of alkyl halides is 3. The predicted octanol–water partition coefficient (Wildman–Crippen LogP) is 2.08. The van der Waals surface area contributed by atoms with Gasteiger partial charge in [0.15, 0.2) is 0 Å². The lowest BCUT2D eigenvalue weighted by atomic mass is 9.97. The van der Waals surface area contributed by atoms with Crippen LogP contribution in [0.15, 0.2) is 0 Å². The number of anilines is 2. The first-order chi connectivity index (χ1) is 9.75. The van der Waals surface area contributed by atoms with Crippen LogP contribution >= 0.6 is 11.3 Å². The van der Waals surface area contributed by atoms with E-state index in [1.165, 1.54) is 4.90 Å². The van der Waals surface area contributed by atoms with Gasteiger partial charge >= 0.3 is 6.18 Å². The van der Waals surface area contributed by atoms with Crippen molar-refractivity contribution < 1.29 is 18.0 Å². The van der Waals surface area contributed by atoms with E-state index >= 15 is 0 Å². The van der Waals surface area contributed by atoms with Crippen molar-refractivity contribution in [2.24, 2.45) is 11.7 Å². The average Bonchev–Trinajstić information content (AvgIpc) is 2.75. The van der Waals surface area contributed by atoms with Crippen molar-refractivity contribution in [3.8, 4) is 6.07 Å². The largest absolute Gasteiger partial charge is 0.396 e. The molecule has 5 nitrogen and oxygen atoms in total. The molecule has 21 heavy (non-hydrogen) atoms. The molecule has 114 valence electrons. The smallest absolute Gasteiger partial charge is 0.393 e. The summed E-state index contributed by atoms with van der Waals surface area (Å²) < 4.78 is 38.5. The number of nitrogen functional groups attached to an aromatic ring is 1. The number of primary amides is 1. The molecule has 1 aliphatic rings. The van der Waals surface area contributed by atoms with E-state index in [4.69, 9.17) is 16.7 Å². The molecule has 2 heterocycles. The van der Waals surface area contributed by atoms with E-state index < -0.39 is 18.0 Å². The number of piperidine rings is 1. The lowest BCUT2D eigenvalue weighted by Crippen LogP contribution is -2.41. The molecule has 0 radical (unpaired) electrons. The Labute approximate surface area is 122 Å². The molecule has 1 aromatic heterocycles. The maximum atomic E-state index is 12.8. The fraction of sp³-hybridized carbons (Fsp3) is 0.500. The zero-order chi connectivity index (χ0) is 15.8. The van der Waals surface area contributed by atoms with Crippen molar-refractivity contribution in [3.05, 3.63) is 10.4 Å². The molecule has 9 heteroatoms. The second-order valence-corrected chi connectivity index (χ2v) is 5.83. The first-order valence-corrected chi connectivity index (χ1v) is 7.01. The molecule has 0 saturated carbocycles. The number of rotatable bonds is 2. The number of hydrogen-bond acceptors (Lipinski definition) is 5. The maximum absolute atomic E-state index is 12.8. The molecular weight excluding hydrogens is 305 g/mol. The Morgan fingerprint density at radius 2 is 2.14 bits per heavy atom. The Morgan fingerprint density at radius 3 is 2.67 bits per heavy atom. The summed E-state index contributed by atoms with van der Waals surface area (Å²) in [6.07, 6.45) is -3.86. The molecule has 1 aliphatic heterocycles. The summed E-state index contributed by atoms with van der Waals surface area (Å²) in [6, 6.07) is 1.84. The number of nitrogens with two attached hydrogens (primary N) is 2. The highest BCUT2D eigenvalue weighted by Crippen LogP contribution is 2.41. The van der Waals surface area contributed by atoms with Gasteiger partial charge < -0.3 is 16.4 Å². The molecule has 4 N–H and O–H groups in total. The third-order valence-electron chi connectivity index (χ3n) is 3.43. The van der Waals surface area contributed by atoms with Crippen LogP contribution in [0, 0.1) is 17.2 Å². The van der Waals surface area contributed by atoms with Gasteiger partial charge in [0.25, 0.3) is 5.91 Å². The van der Waals surface area contributed by atoms with Crippen molar-refractivity contribution in [2.45, 2.75) is 19.0 Å². The van der Waals surface area contributed by atoms with Gasteiger partial charge in [-0.3, -0.25) is 4.79 Å². The van der Waals surface area contributed by atoms with Crippen molar-refractivity contribution in [2.75, 3.05) is 23.7 Å². The third-order valence-corrected chi connectivity index (χ3v) is 4.71. The van der Waals surface area contributed by atoms with Crippen LogP contribution in [0.3, 0.4) is 0 Å². The maximum Gasteiger partial charge on any atom is 0.393 e. The van der Waals surface area contributed by atoms with Gasteiger partial charge in [-0.05, 0) is 12.8 Å². The average molecular weight is 318 g/mol. The van der Waals surface area contributed by atoms with Crippen LogP contribution in [0.4, 0.5) is 23.9 Å². The Bertz CT molecular complexity index is 605. The fourth-order valence-electron chi connectivity index (χ4n) is 2.37.